The molecule has 1 aromatic heterocycles. The molecule has 0 spiro atoms. The lowest BCUT2D eigenvalue weighted by atomic mass is 10.1. The van der Waals surface area contributed by atoms with E-state index in [1.54, 1.807) is 29.0 Å². The Morgan fingerprint density at radius 3 is 2.54 bits per heavy atom. The number of benzene rings is 2. The first-order valence-electron chi connectivity index (χ1n) is 8.83. The number of amides is 1. The van der Waals surface area contributed by atoms with Gasteiger partial charge in [-0.1, -0.05) is 37.3 Å². The number of aryl methyl sites for hydroxylation is 1. The van der Waals surface area contributed by atoms with E-state index in [0.717, 1.165) is 22.9 Å². The molecule has 0 atom stereocenters. The van der Waals surface area contributed by atoms with Crippen LogP contribution in [-0.2, 0) is 22.6 Å². The van der Waals surface area contributed by atoms with Crippen LogP contribution in [0.3, 0.4) is 0 Å². The quantitative estimate of drug-likeness (QED) is 0.507. The first-order chi connectivity index (χ1) is 13.5. The first kappa shape index (κ1) is 18.9. The topological polar surface area (TPSA) is 95.1 Å². The zero-order chi connectivity index (χ0) is 20.1. The van der Waals surface area contributed by atoms with Gasteiger partial charge in [0, 0.05) is 28.4 Å². The number of nitriles is 1. The number of fused-ring (bicyclic) bond motifs is 1. The van der Waals surface area contributed by atoms with Crippen LogP contribution in [0.1, 0.15) is 18.1 Å². The minimum atomic E-state index is -0.968. The summed E-state index contributed by atoms with van der Waals surface area (Å²) in [4.78, 5) is 23.6. The van der Waals surface area contributed by atoms with E-state index < -0.39 is 11.9 Å². The fourth-order valence-corrected chi connectivity index (χ4v) is 2.99. The second kappa shape index (κ2) is 8.23. The van der Waals surface area contributed by atoms with Gasteiger partial charge < -0.3 is 15.0 Å². The van der Waals surface area contributed by atoms with E-state index in [1.807, 2.05) is 43.3 Å². The Morgan fingerprint density at radius 2 is 1.89 bits per heavy atom. The van der Waals surface area contributed by atoms with Crippen molar-refractivity contribution in [2.24, 2.45) is 0 Å². The fraction of sp³-hybridized carbons (Fsp3) is 0.136. The molecule has 3 rings (SSSR count). The lowest BCUT2D eigenvalue weighted by molar-refractivity contribution is -0.137. The molecule has 2 N–H and O–H groups in total. The lowest BCUT2D eigenvalue weighted by Crippen LogP contribution is -2.13. The Morgan fingerprint density at radius 1 is 1.18 bits per heavy atom. The standard InChI is InChI=1S/C22H19N3O3/c1-2-15-7-9-18(10-8-15)24-22(28)16(12-23)11-17-13-25(14-21(26)27)20-6-4-3-5-19(17)20/h3-11,13H,2,14H2,1H3,(H,24,28)(H,26,27). The molecule has 0 radical (unpaired) electrons. The number of carboxylic acid groups (broad SMARTS) is 1. The van der Waals surface area contributed by atoms with E-state index in [9.17, 15) is 14.9 Å². The summed E-state index contributed by atoms with van der Waals surface area (Å²) in [6.07, 6.45) is 4.02. The minimum Gasteiger partial charge on any atom is -0.480 e. The van der Waals surface area contributed by atoms with Crippen molar-refractivity contribution in [2.45, 2.75) is 19.9 Å². The van der Waals surface area contributed by atoms with Crippen molar-refractivity contribution in [2.75, 3.05) is 5.32 Å². The second-order valence-electron chi connectivity index (χ2n) is 6.30. The van der Waals surface area contributed by atoms with Crippen LogP contribution in [0.4, 0.5) is 5.69 Å². The van der Waals surface area contributed by atoms with Gasteiger partial charge in [-0.3, -0.25) is 9.59 Å². The Balaban J connectivity index is 1.92. The number of aliphatic carboxylic acids is 1. The Bertz CT molecular complexity index is 1100. The van der Waals surface area contributed by atoms with Crippen LogP contribution in [0.25, 0.3) is 17.0 Å². The number of hydrogen-bond donors (Lipinski definition) is 2. The Labute approximate surface area is 162 Å². The molecule has 0 fully saturated rings. The summed E-state index contributed by atoms with van der Waals surface area (Å²) in [7, 11) is 0. The summed E-state index contributed by atoms with van der Waals surface area (Å²) in [5, 5.41) is 22.1. The van der Waals surface area contributed by atoms with Crippen molar-refractivity contribution in [3.8, 4) is 6.07 Å². The average molecular weight is 373 g/mol. The monoisotopic (exact) mass is 373 g/mol. The third kappa shape index (κ3) is 4.10. The molecule has 0 aliphatic heterocycles. The summed E-state index contributed by atoms with van der Waals surface area (Å²) in [6.45, 7) is 1.84. The lowest BCUT2D eigenvalue weighted by Gasteiger charge is -2.05. The molecule has 140 valence electrons. The summed E-state index contributed by atoms with van der Waals surface area (Å²) >= 11 is 0. The van der Waals surface area contributed by atoms with Crippen LogP contribution >= 0.6 is 0 Å². The van der Waals surface area contributed by atoms with Gasteiger partial charge in [0.25, 0.3) is 5.91 Å². The number of rotatable bonds is 6. The predicted octanol–water partition coefficient (Wildman–Crippen LogP) is 3.83. The van der Waals surface area contributed by atoms with Crippen molar-refractivity contribution < 1.29 is 14.7 Å². The van der Waals surface area contributed by atoms with Crippen LogP contribution < -0.4 is 5.32 Å². The highest BCUT2D eigenvalue weighted by Gasteiger charge is 2.13. The van der Waals surface area contributed by atoms with Gasteiger partial charge >= 0.3 is 5.97 Å². The SMILES string of the molecule is CCc1ccc(NC(=O)C(C#N)=Cc2cn(CC(=O)O)c3ccccc23)cc1. The molecule has 0 aliphatic rings. The highest BCUT2D eigenvalue weighted by Crippen LogP contribution is 2.24. The van der Waals surface area contributed by atoms with Crippen LogP contribution in [0.15, 0.2) is 60.3 Å². The number of carbonyl (C=O) groups excluding carboxylic acids is 1. The smallest absolute Gasteiger partial charge is 0.323 e. The van der Waals surface area contributed by atoms with Gasteiger partial charge in [0.05, 0.1) is 0 Å². The molecule has 0 saturated heterocycles. The summed E-state index contributed by atoms with van der Waals surface area (Å²) in [5.41, 5.74) is 3.05. The molecule has 0 saturated carbocycles. The van der Waals surface area contributed by atoms with E-state index in [4.69, 9.17) is 5.11 Å². The number of nitrogens with one attached hydrogen (secondary N) is 1. The molecule has 1 heterocycles. The normalized spacial score (nSPS) is 11.2. The zero-order valence-corrected chi connectivity index (χ0v) is 15.3. The van der Waals surface area contributed by atoms with Crippen LogP contribution in [0.5, 0.6) is 0 Å². The molecule has 0 bridgehead atoms. The third-order valence-electron chi connectivity index (χ3n) is 4.41. The van der Waals surface area contributed by atoms with Crippen molar-refractivity contribution in [3.63, 3.8) is 0 Å². The summed E-state index contributed by atoms with van der Waals surface area (Å²) in [5.74, 6) is -1.48. The maximum Gasteiger partial charge on any atom is 0.323 e. The molecule has 1 amide bonds. The van der Waals surface area contributed by atoms with Gasteiger partial charge in [-0.15, -0.1) is 0 Å². The van der Waals surface area contributed by atoms with Crippen LogP contribution in [-0.4, -0.2) is 21.6 Å². The van der Waals surface area contributed by atoms with Gasteiger partial charge in [0.2, 0.25) is 0 Å². The molecule has 28 heavy (non-hydrogen) atoms. The van der Waals surface area contributed by atoms with Gasteiger partial charge in [0.15, 0.2) is 0 Å². The van der Waals surface area contributed by atoms with Gasteiger partial charge in [-0.2, -0.15) is 5.26 Å². The van der Waals surface area contributed by atoms with Crippen LogP contribution in [0.2, 0.25) is 0 Å². The number of carbonyl (C=O) groups is 2. The largest absolute Gasteiger partial charge is 0.480 e. The Kier molecular flexibility index (Phi) is 5.56. The molecule has 0 aliphatic carbocycles. The maximum absolute atomic E-state index is 12.5. The van der Waals surface area contributed by atoms with E-state index in [2.05, 4.69) is 5.32 Å². The number of anilines is 1. The van der Waals surface area contributed by atoms with E-state index in [1.165, 1.54) is 6.08 Å². The van der Waals surface area contributed by atoms with Crippen molar-refractivity contribution >= 4 is 34.5 Å². The van der Waals surface area contributed by atoms with Crippen molar-refractivity contribution in [1.82, 2.24) is 4.57 Å². The van der Waals surface area contributed by atoms with Crippen LogP contribution in [0, 0.1) is 11.3 Å². The first-order valence-corrected chi connectivity index (χ1v) is 8.83. The fourth-order valence-electron chi connectivity index (χ4n) is 2.99. The number of carboxylic acids is 1. The van der Waals surface area contributed by atoms with Gasteiger partial charge in [0.1, 0.15) is 18.2 Å². The Hall–Kier alpha value is -3.85. The maximum atomic E-state index is 12.5. The molecule has 0 unspecified atom stereocenters. The number of hydrogen-bond acceptors (Lipinski definition) is 3. The molecule has 3 aromatic rings. The molecular weight excluding hydrogens is 354 g/mol. The number of para-hydroxylation sites is 1. The number of nitrogens with zero attached hydrogens (tertiary/aromatic N) is 2. The summed E-state index contributed by atoms with van der Waals surface area (Å²) in [6, 6.07) is 16.6. The van der Waals surface area contributed by atoms with E-state index in [0.29, 0.717) is 11.3 Å². The second-order valence-corrected chi connectivity index (χ2v) is 6.30. The molecule has 2 aromatic carbocycles. The molecule has 6 nitrogen and oxygen atoms in total. The van der Waals surface area contributed by atoms with Gasteiger partial charge in [-0.25, -0.2) is 0 Å². The summed E-state index contributed by atoms with van der Waals surface area (Å²) < 4.78 is 1.58. The minimum absolute atomic E-state index is 0.0576. The zero-order valence-electron chi connectivity index (χ0n) is 15.3. The highest BCUT2D eigenvalue weighted by atomic mass is 16.4. The van der Waals surface area contributed by atoms with Crippen molar-refractivity contribution in [3.05, 3.63) is 71.4 Å². The number of aromatic nitrogens is 1. The molecular formula is C22H19N3O3. The van der Waals surface area contributed by atoms with Crippen molar-refractivity contribution in [1.29, 1.82) is 5.26 Å². The average Bonchev–Trinajstić information content (AvgIpc) is 3.03. The van der Waals surface area contributed by atoms with E-state index in [-0.39, 0.29) is 12.1 Å². The van der Waals surface area contributed by atoms with Gasteiger partial charge in [-0.05, 0) is 36.3 Å². The predicted molar refractivity (Wildman–Crippen MR) is 108 cm³/mol. The van der Waals surface area contributed by atoms with E-state index >= 15 is 0 Å². The third-order valence-corrected chi connectivity index (χ3v) is 4.41. The highest BCUT2D eigenvalue weighted by molar-refractivity contribution is 6.10. The molecule has 6 heteroatoms.